The van der Waals surface area contributed by atoms with Crippen molar-refractivity contribution in [3.63, 3.8) is 0 Å². The van der Waals surface area contributed by atoms with Crippen molar-refractivity contribution in [2.75, 3.05) is 32.8 Å². The Morgan fingerprint density at radius 3 is 2.59 bits per heavy atom. The predicted molar refractivity (Wildman–Crippen MR) is 112 cm³/mol. The zero-order valence-electron chi connectivity index (χ0n) is 17.1. The zero-order valence-corrected chi connectivity index (χ0v) is 17.8. The topological polar surface area (TPSA) is 70.1 Å². The smallest absolute Gasteiger partial charge is 0.277 e. The molecule has 0 saturated carbocycles. The number of carbonyl (C=O) groups is 2. The summed E-state index contributed by atoms with van der Waals surface area (Å²) in [5.41, 5.74) is 1.56. The summed E-state index contributed by atoms with van der Waals surface area (Å²) in [6.45, 7) is 6.09. The van der Waals surface area contributed by atoms with Gasteiger partial charge in [-0.2, -0.15) is 0 Å². The molecule has 0 aliphatic carbocycles. The highest BCUT2D eigenvalue weighted by atomic mass is 35.5. The van der Waals surface area contributed by atoms with Gasteiger partial charge in [0.15, 0.2) is 0 Å². The second kappa shape index (κ2) is 9.74. The number of piperidine rings is 1. The van der Waals surface area contributed by atoms with Gasteiger partial charge in [0.05, 0.1) is 11.7 Å². The number of rotatable bonds is 8. The largest absolute Gasteiger partial charge is 0.396 e. The van der Waals surface area contributed by atoms with Gasteiger partial charge in [-0.3, -0.25) is 14.5 Å². The van der Waals surface area contributed by atoms with E-state index in [1.165, 1.54) is 4.90 Å². The summed E-state index contributed by atoms with van der Waals surface area (Å²) in [7, 11) is 0. The molecule has 2 heterocycles. The van der Waals surface area contributed by atoms with Crippen LogP contribution >= 0.6 is 11.6 Å². The van der Waals surface area contributed by atoms with E-state index in [9.17, 15) is 14.7 Å². The molecule has 1 aromatic carbocycles. The second-order valence-corrected chi connectivity index (χ2v) is 8.34. The average Bonchev–Trinajstić information content (AvgIpc) is 2.96. The summed E-state index contributed by atoms with van der Waals surface area (Å²) in [4.78, 5) is 29.8. The SMILES string of the molecule is CC(C)OCCCN1C(=O)C(c2ccc(Cl)cc2)=C(N2CCCC(CO)C2)C1=O. The summed E-state index contributed by atoms with van der Waals surface area (Å²) in [6, 6.07) is 7.01. The first-order chi connectivity index (χ1) is 13.9. The maximum atomic E-state index is 13.3. The van der Waals surface area contributed by atoms with Gasteiger partial charge in [-0.25, -0.2) is 0 Å². The fraction of sp³-hybridized carbons (Fsp3) is 0.545. The van der Waals surface area contributed by atoms with Crippen molar-refractivity contribution in [1.29, 1.82) is 0 Å². The molecular formula is C22H29ClN2O4. The molecule has 7 heteroatoms. The quantitative estimate of drug-likeness (QED) is 0.517. The van der Waals surface area contributed by atoms with Crippen LogP contribution in [0.5, 0.6) is 0 Å². The Morgan fingerprint density at radius 1 is 1.21 bits per heavy atom. The van der Waals surface area contributed by atoms with E-state index in [1.54, 1.807) is 24.3 Å². The molecule has 2 amide bonds. The predicted octanol–water partition coefficient (Wildman–Crippen LogP) is 2.94. The van der Waals surface area contributed by atoms with Crippen molar-refractivity contribution < 1.29 is 19.4 Å². The lowest BCUT2D eigenvalue weighted by Crippen LogP contribution is -2.41. The highest BCUT2D eigenvalue weighted by Crippen LogP contribution is 2.34. The highest BCUT2D eigenvalue weighted by molar-refractivity contribution is 6.36. The molecule has 0 radical (unpaired) electrons. The number of likely N-dealkylation sites (tertiary alicyclic amines) is 1. The van der Waals surface area contributed by atoms with Crippen LogP contribution in [0.3, 0.4) is 0 Å². The Balaban J connectivity index is 1.88. The highest BCUT2D eigenvalue weighted by Gasteiger charge is 2.42. The van der Waals surface area contributed by atoms with E-state index in [4.69, 9.17) is 16.3 Å². The van der Waals surface area contributed by atoms with E-state index < -0.39 is 0 Å². The summed E-state index contributed by atoms with van der Waals surface area (Å²) in [6.07, 6.45) is 2.51. The van der Waals surface area contributed by atoms with Crippen molar-refractivity contribution in [3.05, 3.63) is 40.5 Å². The van der Waals surface area contributed by atoms with Crippen LogP contribution in [0.15, 0.2) is 30.0 Å². The van der Waals surface area contributed by atoms with E-state index >= 15 is 0 Å². The molecule has 0 bridgehead atoms. The fourth-order valence-corrected chi connectivity index (χ4v) is 4.02. The minimum atomic E-state index is -0.275. The van der Waals surface area contributed by atoms with Crippen molar-refractivity contribution in [1.82, 2.24) is 9.80 Å². The molecule has 0 aromatic heterocycles. The molecule has 1 unspecified atom stereocenters. The van der Waals surface area contributed by atoms with Gasteiger partial charge in [0.25, 0.3) is 11.8 Å². The van der Waals surface area contributed by atoms with Crippen molar-refractivity contribution >= 4 is 29.0 Å². The van der Waals surface area contributed by atoms with Crippen LogP contribution in [0.25, 0.3) is 5.57 Å². The van der Waals surface area contributed by atoms with Crippen LogP contribution in [-0.2, 0) is 14.3 Å². The van der Waals surface area contributed by atoms with Crippen LogP contribution in [-0.4, -0.2) is 65.7 Å². The number of imide groups is 1. The van der Waals surface area contributed by atoms with Crippen LogP contribution in [0.2, 0.25) is 5.02 Å². The minimum Gasteiger partial charge on any atom is -0.396 e. The maximum Gasteiger partial charge on any atom is 0.277 e. The van der Waals surface area contributed by atoms with E-state index in [1.807, 2.05) is 18.7 Å². The van der Waals surface area contributed by atoms with Crippen LogP contribution in [0, 0.1) is 5.92 Å². The number of nitrogens with zero attached hydrogens (tertiary/aromatic N) is 2. The molecule has 3 rings (SSSR count). The number of ether oxygens (including phenoxy) is 1. The first-order valence-electron chi connectivity index (χ1n) is 10.3. The van der Waals surface area contributed by atoms with Gasteiger partial charge in [-0.1, -0.05) is 23.7 Å². The van der Waals surface area contributed by atoms with Gasteiger partial charge in [-0.15, -0.1) is 0 Å². The molecule has 158 valence electrons. The Hall–Kier alpha value is -1.89. The average molecular weight is 421 g/mol. The molecule has 1 saturated heterocycles. The number of amides is 2. The Labute approximate surface area is 177 Å². The minimum absolute atomic E-state index is 0.0818. The Kier molecular flexibility index (Phi) is 7.33. The summed E-state index contributed by atoms with van der Waals surface area (Å²) in [5, 5.41) is 10.2. The van der Waals surface area contributed by atoms with Gasteiger partial charge >= 0.3 is 0 Å². The lowest BCUT2D eigenvalue weighted by atomic mass is 9.97. The van der Waals surface area contributed by atoms with Crippen LogP contribution in [0.4, 0.5) is 0 Å². The fourth-order valence-electron chi connectivity index (χ4n) is 3.90. The first-order valence-corrected chi connectivity index (χ1v) is 10.6. The number of hydrogen-bond donors (Lipinski definition) is 1. The normalized spacial score (nSPS) is 20.4. The van der Waals surface area contributed by atoms with E-state index in [-0.39, 0.29) is 30.4 Å². The molecule has 29 heavy (non-hydrogen) atoms. The zero-order chi connectivity index (χ0) is 21.0. The number of hydrogen-bond acceptors (Lipinski definition) is 5. The summed E-state index contributed by atoms with van der Waals surface area (Å²) < 4.78 is 5.55. The molecule has 1 aromatic rings. The molecule has 1 fully saturated rings. The maximum absolute atomic E-state index is 13.3. The van der Waals surface area contributed by atoms with Crippen molar-refractivity contribution in [2.45, 2.75) is 39.2 Å². The third-order valence-corrected chi connectivity index (χ3v) is 5.60. The van der Waals surface area contributed by atoms with Gasteiger partial charge in [-0.05, 0) is 56.7 Å². The second-order valence-electron chi connectivity index (χ2n) is 7.90. The van der Waals surface area contributed by atoms with Gasteiger partial charge in [0.2, 0.25) is 0 Å². The van der Waals surface area contributed by atoms with Gasteiger partial charge in [0.1, 0.15) is 5.70 Å². The third kappa shape index (κ3) is 5.00. The number of carbonyl (C=O) groups excluding carboxylic acids is 2. The standard InChI is InChI=1S/C22H29ClN2O4/c1-15(2)29-12-4-11-25-21(27)19(17-6-8-18(23)9-7-17)20(22(25)28)24-10-3-5-16(13-24)14-26/h6-9,15-16,26H,3-5,10-14H2,1-2H3. The molecule has 6 nitrogen and oxygen atoms in total. The van der Waals surface area contributed by atoms with Gasteiger partial charge < -0.3 is 14.7 Å². The Bertz CT molecular complexity index is 776. The van der Waals surface area contributed by atoms with Gasteiger partial charge in [0, 0.05) is 37.9 Å². The number of benzene rings is 1. The molecule has 2 aliphatic rings. The number of aliphatic hydroxyl groups excluding tert-OH is 1. The van der Waals surface area contributed by atoms with Crippen LogP contribution < -0.4 is 0 Å². The van der Waals surface area contributed by atoms with E-state index in [0.717, 1.165) is 12.8 Å². The molecule has 0 spiro atoms. The van der Waals surface area contributed by atoms with Crippen molar-refractivity contribution in [3.8, 4) is 0 Å². The summed E-state index contributed by atoms with van der Waals surface area (Å²) >= 11 is 6.01. The first kappa shape index (κ1) is 21.8. The van der Waals surface area contributed by atoms with E-state index in [2.05, 4.69) is 0 Å². The third-order valence-electron chi connectivity index (χ3n) is 5.35. The van der Waals surface area contributed by atoms with Crippen molar-refractivity contribution in [2.24, 2.45) is 5.92 Å². The molecule has 1 atom stereocenters. The monoisotopic (exact) mass is 420 g/mol. The van der Waals surface area contributed by atoms with Crippen LogP contribution in [0.1, 0.15) is 38.7 Å². The Morgan fingerprint density at radius 2 is 1.93 bits per heavy atom. The van der Waals surface area contributed by atoms with E-state index in [0.29, 0.717) is 54.5 Å². The molecule has 2 aliphatic heterocycles. The lowest BCUT2D eigenvalue weighted by molar-refractivity contribution is -0.138. The molecular weight excluding hydrogens is 392 g/mol. The number of aliphatic hydroxyl groups is 1. The lowest BCUT2D eigenvalue weighted by Gasteiger charge is -2.34. The number of halogens is 1. The summed E-state index contributed by atoms with van der Waals surface area (Å²) in [5.74, 6) is -0.426. The molecule has 1 N–H and O–H groups in total.